The van der Waals surface area contributed by atoms with Crippen molar-refractivity contribution in [2.45, 2.75) is 116 Å². The Bertz CT molecular complexity index is 769. The second kappa shape index (κ2) is 7.28. The van der Waals surface area contributed by atoms with Crippen LogP contribution in [0.3, 0.4) is 0 Å². The molecule has 32 heavy (non-hydrogen) atoms. The molecule has 0 aromatic heterocycles. The van der Waals surface area contributed by atoms with Gasteiger partial charge < -0.3 is 18.6 Å². The van der Waals surface area contributed by atoms with Gasteiger partial charge in [-0.3, -0.25) is 4.79 Å². The number of esters is 1. The summed E-state index contributed by atoms with van der Waals surface area (Å²) in [5.41, 5.74) is -0.0319. The molecule has 5 unspecified atom stereocenters. The van der Waals surface area contributed by atoms with Gasteiger partial charge in [0.15, 0.2) is 14.1 Å². The number of hydrogen-bond donors (Lipinski definition) is 0. The lowest BCUT2D eigenvalue weighted by Crippen LogP contribution is -2.62. The molecule has 5 nitrogen and oxygen atoms in total. The van der Waals surface area contributed by atoms with Gasteiger partial charge in [0.05, 0.1) is 19.1 Å². The molecule has 0 amide bonds. The first-order valence-corrected chi connectivity index (χ1v) is 15.9. The molecule has 0 N–H and O–H groups in total. The van der Waals surface area contributed by atoms with Gasteiger partial charge in [-0.15, -0.1) is 0 Å². The lowest BCUT2D eigenvalue weighted by molar-refractivity contribution is -0.256. The van der Waals surface area contributed by atoms with Gasteiger partial charge in [-0.05, 0) is 62.1 Å². The van der Waals surface area contributed by atoms with Crippen molar-refractivity contribution in [3.8, 4) is 0 Å². The molecule has 0 bridgehead atoms. The van der Waals surface area contributed by atoms with Crippen molar-refractivity contribution >= 4 is 14.3 Å². The van der Waals surface area contributed by atoms with E-state index in [1.54, 1.807) is 0 Å². The monoisotopic (exact) mass is 464 g/mol. The predicted octanol–water partition coefficient (Wildman–Crippen LogP) is 5.68. The summed E-state index contributed by atoms with van der Waals surface area (Å²) in [5, 5.41) is 0.193. The summed E-state index contributed by atoms with van der Waals surface area (Å²) in [6.07, 6.45) is 7.29. The Labute approximate surface area is 195 Å². The zero-order chi connectivity index (χ0) is 23.2. The molecule has 5 aliphatic rings. The molecule has 0 aromatic carbocycles. The van der Waals surface area contributed by atoms with Crippen LogP contribution in [-0.2, 0) is 23.4 Å². The summed E-state index contributed by atoms with van der Waals surface area (Å²) >= 11 is 0. The minimum atomic E-state index is -1.84. The Morgan fingerprint density at radius 1 is 0.969 bits per heavy atom. The van der Waals surface area contributed by atoms with Crippen LogP contribution in [0.5, 0.6) is 0 Å². The van der Waals surface area contributed by atoms with Crippen LogP contribution in [0.2, 0.25) is 18.1 Å². The summed E-state index contributed by atoms with van der Waals surface area (Å²) < 4.78 is 25.5. The van der Waals surface area contributed by atoms with E-state index in [1.807, 2.05) is 0 Å². The lowest BCUT2D eigenvalue weighted by atomic mass is 9.49. The van der Waals surface area contributed by atoms with Gasteiger partial charge in [-0.2, -0.15) is 0 Å². The zero-order valence-corrected chi connectivity index (χ0v) is 22.3. The molecule has 2 aliphatic heterocycles. The predicted molar refractivity (Wildman–Crippen MR) is 126 cm³/mol. The third-order valence-corrected chi connectivity index (χ3v) is 15.5. The van der Waals surface area contributed by atoms with E-state index in [-0.39, 0.29) is 40.0 Å². The van der Waals surface area contributed by atoms with E-state index in [4.69, 9.17) is 18.6 Å². The molecule has 0 radical (unpaired) electrons. The Morgan fingerprint density at radius 3 is 2.28 bits per heavy atom. The van der Waals surface area contributed by atoms with E-state index in [0.29, 0.717) is 25.0 Å². The molecule has 1 spiro atoms. The summed E-state index contributed by atoms with van der Waals surface area (Å²) in [6.45, 7) is 17.6. The van der Waals surface area contributed by atoms with E-state index in [2.05, 4.69) is 47.7 Å². The number of rotatable bonds is 2. The highest BCUT2D eigenvalue weighted by Crippen LogP contribution is 2.67. The summed E-state index contributed by atoms with van der Waals surface area (Å²) in [5.74, 6) is 0.245. The summed E-state index contributed by atoms with van der Waals surface area (Å²) in [7, 11) is -1.84. The number of carbonyl (C=O) groups is 1. The average Bonchev–Trinajstić information content (AvgIpc) is 3.28. The van der Waals surface area contributed by atoms with Crippen molar-refractivity contribution in [1.29, 1.82) is 0 Å². The van der Waals surface area contributed by atoms with Crippen molar-refractivity contribution in [1.82, 2.24) is 0 Å². The highest BCUT2D eigenvalue weighted by Gasteiger charge is 2.70. The Balaban J connectivity index is 1.36. The van der Waals surface area contributed by atoms with Gasteiger partial charge in [0, 0.05) is 29.8 Å². The van der Waals surface area contributed by atoms with Gasteiger partial charge in [0.25, 0.3) is 0 Å². The molecule has 0 aromatic rings. The van der Waals surface area contributed by atoms with Crippen LogP contribution in [0.25, 0.3) is 0 Å². The van der Waals surface area contributed by atoms with Crippen LogP contribution in [0.4, 0.5) is 0 Å². The van der Waals surface area contributed by atoms with Gasteiger partial charge >= 0.3 is 5.97 Å². The summed E-state index contributed by atoms with van der Waals surface area (Å²) in [6, 6.07) is 0. The second-order valence-electron chi connectivity index (χ2n) is 13.4. The maximum atomic E-state index is 13.5. The third-order valence-electron chi connectivity index (χ3n) is 10.9. The topological polar surface area (TPSA) is 54.0 Å². The summed E-state index contributed by atoms with van der Waals surface area (Å²) in [4.78, 5) is 13.5. The fourth-order valence-electron chi connectivity index (χ4n) is 7.88. The molecule has 5 fully saturated rings. The normalized spacial score (nSPS) is 45.8. The molecule has 7 atom stereocenters. The Morgan fingerprint density at radius 2 is 1.62 bits per heavy atom. The lowest BCUT2D eigenvalue weighted by Gasteiger charge is -2.60. The van der Waals surface area contributed by atoms with Crippen molar-refractivity contribution in [3.63, 3.8) is 0 Å². The minimum Gasteiger partial charge on any atom is -0.461 e. The number of hydrogen-bond acceptors (Lipinski definition) is 5. The van der Waals surface area contributed by atoms with Crippen LogP contribution >= 0.6 is 0 Å². The number of ether oxygens (including phenoxy) is 3. The van der Waals surface area contributed by atoms with E-state index in [0.717, 1.165) is 44.9 Å². The fourth-order valence-corrected chi connectivity index (χ4v) is 9.28. The second-order valence-corrected chi connectivity index (χ2v) is 18.1. The van der Waals surface area contributed by atoms with Crippen LogP contribution in [0.1, 0.15) is 79.6 Å². The standard InChI is InChI=1S/C26H44O5Si/c1-23(2,3)32(6,7)31-17-8-11-24(4)18-9-12-25(5)19(10-13-26(25)28-14-15-29-26)21(18)22(27)30-20(24)16-17/h17-21H,8-16H2,1-7H3/t17?,18?,19?,20?,21?,24-,25+/m1/s1. The number of carbonyl (C=O) groups excluding carboxylic acids is 1. The van der Waals surface area contributed by atoms with E-state index in [1.165, 1.54) is 0 Å². The van der Waals surface area contributed by atoms with Crippen LogP contribution in [0, 0.1) is 28.6 Å². The molecule has 182 valence electrons. The molecule has 3 saturated carbocycles. The molecule has 3 aliphatic carbocycles. The molecular formula is C26H44O5Si. The minimum absolute atomic E-state index is 0.0139. The first-order chi connectivity index (χ1) is 14.8. The highest BCUT2D eigenvalue weighted by molar-refractivity contribution is 6.74. The van der Waals surface area contributed by atoms with Crippen molar-refractivity contribution in [2.75, 3.05) is 13.2 Å². The Hall–Kier alpha value is -0.433. The fraction of sp³-hybridized carbons (Fsp3) is 0.962. The highest BCUT2D eigenvalue weighted by atomic mass is 28.4. The van der Waals surface area contributed by atoms with Crippen molar-refractivity contribution in [3.05, 3.63) is 0 Å². The Kier molecular flexibility index (Phi) is 5.31. The van der Waals surface area contributed by atoms with Gasteiger partial charge in [0.2, 0.25) is 0 Å². The molecule has 2 heterocycles. The van der Waals surface area contributed by atoms with Gasteiger partial charge in [-0.1, -0.05) is 34.6 Å². The maximum Gasteiger partial charge on any atom is 0.309 e. The first kappa shape index (κ1) is 23.3. The van der Waals surface area contributed by atoms with Gasteiger partial charge in [0.1, 0.15) is 6.10 Å². The number of fused-ring (bicyclic) bond motifs is 6. The van der Waals surface area contributed by atoms with Crippen molar-refractivity contribution < 1.29 is 23.4 Å². The first-order valence-electron chi connectivity index (χ1n) is 13.0. The van der Waals surface area contributed by atoms with E-state index in [9.17, 15) is 4.79 Å². The zero-order valence-electron chi connectivity index (χ0n) is 21.3. The maximum absolute atomic E-state index is 13.5. The van der Waals surface area contributed by atoms with E-state index < -0.39 is 14.1 Å². The largest absolute Gasteiger partial charge is 0.461 e. The third kappa shape index (κ3) is 3.15. The quantitative estimate of drug-likeness (QED) is 0.389. The smallest absolute Gasteiger partial charge is 0.309 e. The molecule has 6 heteroatoms. The molecule has 5 rings (SSSR count). The van der Waals surface area contributed by atoms with Crippen molar-refractivity contribution in [2.24, 2.45) is 28.6 Å². The average molecular weight is 465 g/mol. The van der Waals surface area contributed by atoms with Crippen LogP contribution in [0.15, 0.2) is 0 Å². The van der Waals surface area contributed by atoms with Crippen LogP contribution in [-0.4, -0.2) is 45.5 Å². The van der Waals surface area contributed by atoms with Crippen LogP contribution < -0.4 is 0 Å². The van der Waals surface area contributed by atoms with E-state index >= 15 is 0 Å². The van der Waals surface area contributed by atoms with Gasteiger partial charge in [-0.25, -0.2) is 0 Å². The molecule has 2 saturated heterocycles. The molecular weight excluding hydrogens is 420 g/mol. The SMILES string of the molecule is CC(C)(C)[Si](C)(C)OC1CC[C@@]2(C)C(C1)OC(=O)C1C2CC[C@@]2(C)C1CCC21OCCO1.